The molecule has 1 N–H and O–H groups in total. The molecule has 3 heterocycles. The summed E-state index contributed by atoms with van der Waals surface area (Å²) in [6, 6.07) is 6.25. The van der Waals surface area contributed by atoms with E-state index in [1.54, 1.807) is 48.1 Å². The van der Waals surface area contributed by atoms with Crippen molar-refractivity contribution in [2.75, 3.05) is 46.4 Å². The number of hydrogen-bond acceptors (Lipinski definition) is 6. The average Bonchev–Trinajstić information content (AvgIpc) is 3.42. The molecule has 10 heteroatoms. The van der Waals surface area contributed by atoms with Gasteiger partial charge in [0.1, 0.15) is 23.9 Å². The van der Waals surface area contributed by atoms with E-state index in [0.29, 0.717) is 44.1 Å². The number of hydrogen-bond donors (Lipinski definition) is 1. The maximum Gasteiger partial charge on any atom is 0.325 e. The molecule has 0 radical (unpaired) electrons. The van der Waals surface area contributed by atoms with Gasteiger partial charge in [0.25, 0.3) is 11.8 Å². The maximum atomic E-state index is 13.1. The number of carbonyl (C=O) groups is 4. The second kappa shape index (κ2) is 8.78. The summed E-state index contributed by atoms with van der Waals surface area (Å²) in [6.45, 7) is 3.43. The second-order valence-electron chi connectivity index (χ2n) is 8.38. The molecule has 1 aromatic carbocycles. The lowest BCUT2D eigenvalue weighted by Gasteiger charge is -2.36. The van der Waals surface area contributed by atoms with Gasteiger partial charge in [0.05, 0.1) is 7.11 Å². The Balaban J connectivity index is 1.35. The lowest BCUT2D eigenvalue weighted by atomic mass is 9.92. The molecule has 172 valence electrons. The molecule has 10 nitrogen and oxygen atoms in total. The molecule has 1 aromatic rings. The molecule has 32 heavy (non-hydrogen) atoms. The van der Waals surface area contributed by atoms with Crippen LogP contribution in [0.4, 0.5) is 4.79 Å². The number of carbonyl (C=O) groups excluding carboxylic acids is 4. The summed E-state index contributed by atoms with van der Waals surface area (Å²) in [5.74, 6) is -0.192. The van der Waals surface area contributed by atoms with Gasteiger partial charge in [0.2, 0.25) is 5.91 Å². The summed E-state index contributed by atoms with van der Waals surface area (Å²) in [7, 11) is 1.55. The van der Waals surface area contributed by atoms with E-state index in [-0.39, 0.29) is 24.5 Å². The molecule has 3 aliphatic rings. The number of imide groups is 1. The van der Waals surface area contributed by atoms with E-state index in [1.807, 2.05) is 0 Å². The fourth-order valence-electron chi connectivity index (χ4n) is 4.35. The first-order valence-corrected chi connectivity index (χ1v) is 10.8. The van der Waals surface area contributed by atoms with Crippen molar-refractivity contribution in [2.45, 2.75) is 31.4 Å². The fraction of sp³-hybridized carbons (Fsp3) is 0.545. The van der Waals surface area contributed by atoms with Crippen molar-refractivity contribution >= 4 is 23.8 Å². The molecule has 0 spiro atoms. The van der Waals surface area contributed by atoms with Gasteiger partial charge in [-0.1, -0.05) is 12.1 Å². The van der Waals surface area contributed by atoms with Crippen molar-refractivity contribution in [1.82, 2.24) is 20.0 Å². The zero-order valence-electron chi connectivity index (χ0n) is 18.3. The van der Waals surface area contributed by atoms with Crippen LogP contribution in [0.25, 0.3) is 0 Å². The third-order valence-corrected chi connectivity index (χ3v) is 6.38. The monoisotopic (exact) mass is 444 g/mol. The van der Waals surface area contributed by atoms with Crippen molar-refractivity contribution in [2.24, 2.45) is 0 Å². The van der Waals surface area contributed by atoms with Gasteiger partial charge in [-0.25, -0.2) is 4.79 Å². The number of nitrogens with zero attached hydrogens (tertiary/aromatic N) is 3. The summed E-state index contributed by atoms with van der Waals surface area (Å²) < 4.78 is 10.6. The first-order valence-electron chi connectivity index (χ1n) is 10.8. The Morgan fingerprint density at radius 1 is 1.12 bits per heavy atom. The summed E-state index contributed by atoms with van der Waals surface area (Å²) in [5.41, 5.74) is -0.649. The zero-order valence-corrected chi connectivity index (χ0v) is 18.3. The molecular formula is C22H28N4O6. The molecule has 0 aromatic heterocycles. The van der Waals surface area contributed by atoms with Crippen LogP contribution in [-0.4, -0.2) is 91.0 Å². The minimum absolute atomic E-state index is 0.0287. The van der Waals surface area contributed by atoms with Crippen molar-refractivity contribution in [3.05, 3.63) is 29.8 Å². The number of piperazine rings is 1. The smallest absolute Gasteiger partial charge is 0.325 e. The van der Waals surface area contributed by atoms with Gasteiger partial charge in [-0.3, -0.25) is 19.3 Å². The van der Waals surface area contributed by atoms with Gasteiger partial charge in [-0.2, -0.15) is 0 Å². The topological polar surface area (TPSA) is 108 Å². The van der Waals surface area contributed by atoms with Gasteiger partial charge in [0.15, 0.2) is 0 Å². The van der Waals surface area contributed by atoms with E-state index < -0.39 is 17.5 Å². The molecule has 3 saturated heterocycles. The molecule has 0 bridgehead atoms. The second-order valence-corrected chi connectivity index (χ2v) is 8.38. The quantitative estimate of drug-likeness (QED) is 0.655. The number of benzene rings is 1. The van der Waals surface area contributed by atoms with Crippen LogP contribution in [-0.2, 0) is 24.7 Å². The SMILES string of the molecule is COc1ccc(C2(C)NC(=O)N(CC(=O)N3CCN(C(=O)C4CCCO4)CC3)C2=O)cc1. The highest BCUT2D eigenvalue weighted by Crippen LogP contribution is 2.30. The molecule has 3 fully saturated rings. The third-order valence-electron chi connectivity index (χ3n) is 6.38. The van der Waals surface area contributed by atoms with Crippen LogP contribution < -0.4 is 10.1 Å². The molecule has 3 aliphatic heterocycles. The fourth-order valence-corrected chi connectivity index (χ4v) is 4.35. The van der Waals surface area contributed by atoms with Crippen LogP contribution in [0.5, 0.6) is 5.75 Å². The molecule has 0 saturated carbocycles. The predicted molar refractivity (Wildman–Crippen MR) is 113 cm³/mol. The largest absolute Gasteiger partial charge is 0.497 e. The highest BCUT2D eigenvalue weighted by atomic mass is 16.5. The Bertz CT molecular complexity index is 906. The van der Waals surface area contributed by atoms with E-state index in [9.17, 15) is 19.2 Å². The van der Waals surface area contributed by atoms with Crippen LogP contribution in [0, 0.1) is 0 Å². The Morgan fingerprint density at radius 2 is 1.78 bits per heavy atom. The zero-order chi connectivity index (χ0) is 22.9. The maximum absolute atomic E-state index is 13.1. The van der Waals surface area contributed by atoms with E-state index in [4.69, 9.17) is 9.47 Å². The molecule has 0 aliphatic carbocycles. The Hall–Kier alpha value is -3.14. The number of urea groups is 1. The molecule has 2 unspecified atom stereocenters. The standard InChI is InChI=1S/C22H28N4O6/c1-22(15-5-7-16(31-2)8-6-15)20(29)26(21(30)23-22)14-18(27)24-9-11-25(12-10-24)19(28)17-4-3-13-32-17/h5-8,17H,3-4,9-14H2,1-2H3,(H,23,30). The summed E-state index contributed by atoms with van der Waals surface area (Å²) in [6.07, 6.45) is 1.24. The van der Waals surface area contributed by atoms with Crippen molar-refractivity contribution < 1.29 is 28.7 Å². The Labute approximate surface area is 186 Å². The number of methoxy groups -OCH3 is 1. The van der Waals surface area contributed by atoms with Gasteiger partial charge >= 0.3 is 6.03 Å². The van der Waals surface area contributed by atoms with Crippen molar-refractivity contribution in [1.29, 1.82) is 0 Å². The first-order chi connectivity index (χ1) is 15.3. The molecule has 5 amide bonds. The van der Waals surface area contributed by atoms with Crippen LogP contribution in [0.15, 0.2) is 24.3 Å². The van der Waals surface area contributed by atoms with Crippen LogP contribution in [0.3, 0.4) is 0 Å². The lowest BCUT2D eigenvalue weighted by Crippen LogP contribution is -2.54. The third kappa shape index (κ3) is 4.02. The van der Waals surface area contributed by atoms with E-state index in [2.05, 4.69) is 5.32 Å². The van der Waals surface area contributed by atoms with Gasteiger partial charge in [-0.05, 0) is 37.5 Å². The van der Waals surface area contributed by atoms with Crippen molar-refractivity contribution in [3.63, 3.8) is 0 Å². The first kappa shape index (κ1) is 22.1. The summed E-state index contributed by atoms with van der Waals surface area (Å²) >= 11 is 0. The van der Waals surface area contributed by atoms with Gasteiger partial charge < -0.3 is 24.6 Å². The minimum Gasteiger partial charge on any atom is -0.497 e. The van der Waals surface area contributed by atoms with E-state index in [0.717, 1.165) is 17.7 Å². The Morgan fingerprint density at radius 3 is 2.38 bits per heavy atom. The number of amides is 5. The van der Waals surface area contributed by atoms with E-state index in [1.165, 1.54) is 0 Å². The predicted octanol–water partition coefficient (Wildman–Crippen LogP) is 0.312. The molecular weight excluding hydrogens is 416 g/mol. The number of rotatable bonds is 5. The average molecular weight is 444 g/mol. The van der Waals surface area contributed by atoms with Crippen LogP contribution in [0.2, 0.25) is 0 Å². The van der Waals surface area contributed by atoms with Crippen molar-refractivity contribution in [3.8, 4) is 5.75 Å². The van der Waals surface area contributed by atoms with Crippen LogP contribution >= 0.6 is 0 Å². The number of ether oxygens (including phenoxy) is 2. The summed E-state index contributed by atoms with van der Waals surface area (Å²) in [4.78, 5) is 55.2. The summed E-state index contributed by atoms with van der Waals surface area (Å²) in [5, 5.41) is 2.70. The highest BCUT2D eigenvalue weighted by molar-refractivity contribution is 6.09. The molecule has 4 rings (SSSR count). The van der Waals surface area contributed by atoms with Crippen LogP contribution in [0.1, 0.15) is 25.3 Å². The normalized spacial score (nSPS) is 25.8. The van der Waals surface area contributed by atoms with E-state index >= 15 is 0 Å². The minimum atomic E-state index is -1.25. The molecule has 2 atom stereocenters. The van der Waals surface area contributed by atoms with Gasteiger partial charge in [0, 0.05) is 32.8 Å². The highest BCUT2D eigenvalue weighted by Gasteiger charge is 2.49. The lowest BCUT2D eigenvalue weighted by molar-refractivity contribution is -0.146. The Kier molecular flexibility index (Phi) is 6.05. The van der Waals surface area contributed by atoms with Gasteiger partial charge in [-0.15, -0.1) is 0 Å². The number of nitrogens with one attached hydrogen (secondary N) is 1.